The molecule has 2 saturated heterocycles. The van der Waals surface area contributed by atoms with E-state index in [0.29, 0.717) is 30.0 Å². The highest BCUT2D eigenvalue weighted by Crippen LogP contribution is 2.37. The highest BCUT2D eigenvalue weighted by atomic mass is 32.2. The van der Waals surface area contributed by atoms with E-state index in [-0.39, 0.29) is 31.4 Å². The van der Waals surface area contributed by atoms with Gasteiger partial charge >= 0.3 is 6.03 Å². The van der Waals surface area contributed by atoms with Crippen LogP contribution in [-0.4, -0.2) is 61.6 Å². The summed E-state index contributed by atoms with van der Waals surface area (Å²) in [6, 6.07) is 4.53. The van der Waals surface area contributed by atoms with E-state index in [9.17, 15) is 22.8 Å². The first-order valence-electron chi connectivity index (χ1n) is 14.4. The molecule has 0 bridgehead atoms. The number of carbonyl (C=O) groups excluding carboxylic acids is 3. The molecule has 0 radical (unpaired) electrons. The third-order valence-electron chi connectivity index (χ3n) is 8.88. The van der Waals surface area contributed by atoms with Gasteiger partial charge < -0.3 is 10.6 Å². The quantitative estimate of drug-likeness (QED) is 0.462. The van der Waals surface area contributed by atoms with Crippen molar-refractivity contribution in [3.63, 3.8) is 0 Å². The van der Waals surface area contributed by atoms with Crippen LogP contribution in [0.15, 0.2) is 28.6 Å². The van der Waals surface area contributed by atoms with E-state index in [1.165, 1.54) is 47.9 Å². The molecular weight excluding hydrogens is 530 g/mol. The van der Waals surface area contributed by atoms with E-state index in [2.05, 4.69) is 17.6 Å². The monoisotopic (exact) mass is 569 g/mol. The third-order valence-corrected chi connectivity index (χ3v) is 10.4. The van der Waals surface area contributed by atoms with Crippen molar-refractivity contribution in [2.24, 2.45) is 16.8 Å². The molecular formula is C29H39N5O5S. The lowest BCUT2D eigenvalue weighted by Crippen LogP contribution is -2.50. The Bertz CT molecular complexity index is 1320. The summed E-state index contributed by atoms with van der Waals surface area (Å²) in [6.07, 6.45) is 10.5. The van der Waals surface area contributed by atoms with Crippen LogP contribution in [0.2, 0.25) is 0 Å². The number of imide groups is 1. The number of urea groups is 1. The Labute approximate surface area is 236 Å². The van der Waals surface area contributed by atoms with Crippen LogP contribution in [-0.2, 0) is 19.6 Å². The summed E-state index contributed by atoms with van der Waals surface area (Å²) in [5.74, 6) is 1.45. The number of aryl methyl sites for hydroxylation is 1. The SMILES string of the molecule is CCCCC1CCC(C2=NC3(CCN(S(=O)(=O)/C=C/c4ccc(N5C(=O)CNC5=O)cc4C)CC3)C(=O)N2)CC1. The van der Waals surface area contributed by atoms with Crippen LogP contribution >= 0.6 is 0 Å². The van der Waals surface area contributed by atoms with Crippen LogP contribution < -0.4 is 15.5 Å². The van der Waals surface area contributed by atoms with Gasteiger partial charge in [0.15, 0.2) is 0 Å². The van der Waals surface area contributed by atoms with Gasteiger partial charge in [-0.05, 0) is 80.7 Å². The number of carbonyl (C=O) groups is 3. The lowest BCUT2D eigenvalue weighted by Gasteiger charge is -2.34. The number of hydrogen-bond acceptors (Lipinski definition) is 6. The number of hydrogen-bond donors (Lipinski definition) is 2. The van der Waals surface area contributed by atoms with Crippen molar-refractivity contribution in [2.45, 2.75) is 77.2 Å². The number of piperidine rings is 1. The Kier molecular flexibility index (Phi) is 8.15. The fourth-order valence-corrected chi connectivity index (χ4v) is 7.50. The van der Waals surface area contributed by atoms with Crippen molar-refractivity contribution in [2.75, 3.05) is 24.5 Å². The molecule has 1 spiro atoms. The van der Waals surface area contributed by atoms with Gasteiger partial charge in [0.2, 0.25) is 10.0 Å². The van der Waals surface area contributed by atoms with Gasteiger partial charge in [0.25, 0.3) is 11.8 Å². The van der Waals surface area contributed by atoms with Gasteiger partial charge in [0, 0.05) is 24.4 Å². The van der Waals surface area contributed by atoms with Crippen LogP contribution in [0.1, 0.15) is 75.8 Å². The summed E-state index contributed by atoms with van der Waals surface area (Å²) in [4.78, 5) is 42.9. The van der Waals surface area contributed by atoms with Crippen molar-refractivity contribution in [3.8, 4) is 0 Å². The normalized spacial score (nSPS) is 25.5. The molecule has 5 rings (SSSR count). The number of amidine groups is 1. The van der Waals surface area contributed by atoms with Crippen LogP contribution in [0.25, 0.3) is 6.08 Å². The number of benzene rings is 1. The Morgan fingerprint density at radius 2 is 1.82 bits per heavy atom. The number of nitrogens with zero attached hydrogens (tertiary/aromatic N) is 3. The number of rotatable bonds is 8. The predicted octanol–water partition coefficient (Wildman–Crippen LogP) is 3.71. The molecule has 1 aromatic rings. The van der Waals surface area contributed by atoms with Crippen LogP contribution in [0, 0.1) is 18.8 Å². The summed E-state index contributed by atoms with van der Waals surface area (Å²) in [5.41, 5.74) is 0.980. The first-order chi connectivity index (χ1) is 19.1. The Balaban J connectivity index is 1.20. The molecule has 1 aliphatic carbocycles. The molecule has 40 heavy (non-hydrogen) atoms. The topological polar surface area (TPSA) is 128 Å². The molecule has 4 aliphatic rings. The highest BCUT2D eigenvalue weighted by molar-refractivity contribution is 7.92. The number of aliphatic imine (C=N–C) groups is 1. The van der Waals surface area contributed by atoms with Gasteiger partial charge in [0.05, 0.1) is 12.2 Å². The summed E-state index contributed by atoms with van der Waals surface area (Å²) in [5, 5.41) is 6.73. The van der Waals surface area contributed by atoms with Gasteiger partial charge in [-0.2, -0.15) is 4.31 Å². The van der Waals surface area contributed by atoms with Gasteiger partial charge in [-0.1, -0.05) is 32.3 Å². The number of unbranched alkanes of at least 4 members (excludes halogenated alkanes) is 1. The molecule has 0 unspecified atom stereocenters. The maximum absolute atomic E-state index is 13.1. The standard InChI is InChI=1S/C29H39N5O5S/c1-3-4-5-21-6-8-23(9-7-21)26-31-27(36)29(32-26)13-15-33(16-14-29)40(38,39)17-12-22-10-11-24(18-20(22)2)34-25(35)19-30-28(34)37/h10-12,17-18,21,23H,3-9,13-16,19H2,1-2H3,(H,30,37)(H,31,32,36)/b17-12+. The molecule has 0 atom stereocenters. The Morgan fingerprint density at radius 1 is 1.10 bits per heavy atom. The fourth-order valence-electron chi connectivity index (χ4n) is 6.32. The van der Waals surface area contributed by atoms with E-state index >= 15 is 0 Å². The Hall–Kier alpha value is -3.05. The smallest absolute Gasteiger partial charge is 0.328 e. The lowest BCUT2D eigenvalue weighted by atomic mass is 9.79. The second kappa shape index (κ2) is 11.4. The maximum atomic E-state index is 13.1. The maximum Gasteiger partial charge on any atom is 0.329 e. The number of anilines is 1. The second-order valence-corrected chi connectivity index (χ2v) is 13.3. The minimum atomic E-state index is -3.71. The zero-order valence-corrected chi connectivity index (χ0v) is 24.1. The predicted molar refractivity (Wildman–Crippen MR) is 154 cm³/mol. The molecule has 10 nitrogen and oxygen atoms in total. The van der Waals surface area contributed by atoms with Crippen molar-refractivity contribution in [3.05, 3.63) is 34.7 Å². The Morgan fingerprint density at radius 3 is 2.45 bits per heavy atom. The van der Waals surface area contributed by atoms with E-state index < -0.39 is 21.6 Å². The summed E-state index contributed by atoms with van der Waals surface area (Å²) in [6.45, 7) is 4.44. The highest BCUT2D eigenvalue weighted by Gasteiger charge is 2.48. The number of nitrogens with one attached hydrogen (secondary N) is 2. The molecule has 3 heterocycles. The third kappa shape index (κ3) is 5.72. The molecule has 216 valence electrons. The van der Waals surface area contributed by atoms with Crippen LogP contribution in [0.3, 0.4) is 0 Å². The molecule has 1 saturated carbocycles. The molecule has 0 aromatic heterocycles. The van der Waals surface area contributed by atoms with Crippen molar-refractivity contribution in [1.29, 1.82) is 0 Å². The largest absolute Gasteiger partial charge is 0.329 e. The lowest BCUT2D eigenvalue weighted by molar-refractivity contribution is -0.125. The molecule has 2 N–H and O–H groups in total. The van der Waals surface area contributed by atoms with E-state index in [1.54, 1.807) is 25.1 Å². The van der Waals surface area contributed by atoms with Crippen molar-refractivity contribution >= 4 is 45.5 Å². The minimum Gasteiger partial charge on any atom is -0.328 e. The molecule has 4 amide bonds. The van der Waals surface area contributed by atoms with E-state index in [4.69, 9.17) is 4.99 Å². The fraction of sp³-hybridized carbons (Fsp3) is 0.586. The minimum absolute atomic E-state index is 0.0384. The molecule has 1 aromatic carbocycles. The van der Waals surface area contributed by atoms with Crippen LogP contribution in [0.4, 0.5) is 10.5 Å². The van der Waals surface area contributed by atoms with Gasteiger partial charge in [-0.3, -0.25) is 14.6 Å². The van der Waals surface area contributed by atoms with E-state index in [0.717, 1.165) is 35.1 Å². The summed E-state index contributed by atoms with van der Waals surface area (Å²) >= 11 is 0. The van der Waals surface area contributed by atoms with E-state index in [1.807, 2.05) is 0 Å². The van der Waals surface area contributed by atoms with Crippen LogP contribution in [0.5, 0.6) is 0 Å². The van der Waals surface area contributed by atoms with Gasteiger partial charge in [-0.25, -0.2) is 18.1 Å². The number of sulfonamides is 1. The van der Waals surface area contributed by atoms with Crippen molar-refractivity contribution < 1.29 is 22.8 Å². The molecule has 3 aliphatic heterocycles. The zero-order valence-electron chi connectivity index (χ0n) is 23.3. The van der Waals surface area contributed by atoms with Crippen molar-refractivity contribution in [1.82, 2.24) is 14.9 Å². The zero-order chi connectivity index (χ0) is 28.5. The second-order valence-electron chi connectivity index (χ2n) is 11.5. The first-order valence-corrected chi connectivity index (χ1v) is 15.9. The van der Waals surface area contributed by atoms with Gasteiger partial charge in [-0.15, -0.1) is 0 Å². The van der Waals surface area contributed by atoms with Gasteiger partial charge in [0.1, 0.15) is 11.4 Å². The average molecular weight is 570 g/mol. The number of amides is 4. The summed E-state index contributed by atoms with van der Waals surface area (Å²) in [7, 11) is -3.71. The first kappa shape index (κ1) is 28.5. The molecule has 11 heteroatoms. The molecule has 3 fully saturated rings. The average Bonchev–Trinajstić information content (AvgIpc) is 3.44. The summed E-state index contributed by atoms with van der Waals surface area (Å²) < 4.78 is 27.7.